The molecule has 1 amide bonds. The smallest absolute Gasteiger partial charge is 0.260 e. The summed E-state index contributed by atoms with van der Waals surface area (Å²) in [4.78, 5) is 30.1. The van der Waals surface area contributed by atoms with E-state index in [-0.39, 0.29) is 29.1 Å². The number of hydrogen-bond donors (Lipinski definition) is 1. The third kappa shape index (κ3) is 3.77. The molecule has 2 N–H and O–H groups in total. The van der Waals surface area contributed by atoms with Crippen LogP contribution in [0.3, 0.4) is 0 Å². The lowest BCUT2D eigenvalue weighted by molar-refractivity contribution is 0.0993. The molecule has 0 radical (unpaired) electrons. The molecule has 168 valence electrons. The normalized spacial score (nSPS) is 18.5. The first-order valence-electron chi connectivity index (χ1n) is 11.1. The molecule has 9 heteroatoms. The first-order chi connectivity index (χ1) is 15.4. The minimum Gasteiger partial charge on any atom is -0.474 e. The van der Waals surface area contributed by atoms with Crippen molar-refractivity contribution in [2.75, 3.05) is 13.2 Å². The molecular formula is C23H27N5O4. The van der Waals surface area contributed by atoms with Crippen LogP contribution >= 0.6 is 0 Å². The number of rotatable bonds is 7. The summed E-state index contributed by atoms with van der Waals surface area (Å²) in [6, 6.07) is 5.59. The van der Waals surface area contributed by atoms with Gasteiger partial charge in [-0.05, 0) is 51.3 Å². The van der Waals surface area contributed by atoms with E-state index >= 15 is 0 Å². The summed E-state index contributed by atoms with van der Waals surface area (Å²) in [5.41, 5.74) is 7.36. The maximum Gasteiger partial charge on any atom is 0.260 e. The Morgan fingerprint density at radius 3 is 2.81 bits per heavy atom. The molecule has 32 heavy (non-hydrogen) atoms. The van der Waals surface area contributed by atoms with Crippen LogP contribution in [0, 0.1) is 5.92 Å². The van der Waals surface area contributed by atoms with Crippen molar-refractivity contribution in [3.63, 3.8) is 0 Å². The highest BCUT2D eigenvalue weighted by atomic mass is 16.5. The number of primary amides is 1. The second-order valence-corrected chi connectivity index (χ2v) is 8.87. The number of carbonyl (C=O) groups excluding carboxylic acids is 1. The van der Waals surface area contributed by atoms with E-state index in [0.29, 0.717) is 41.4 Å². The largest absolute Gasteiger partial charge is 0.474 e. The van der Waals surface area contributed by atoms with Gasteiger partial charge in [0.05, 0.1) is 24.0 Å². The molecule has 2 aliphatic rings. The zero-order valence-electron chi connectivity index (χ0n) is 18.3. The van der Waals surface area contributed by atoms with Crippen LogP contribution in [0.5, 0.6) is 5.88 Å². The second kappa shape index (κ2) is 8.05. The zero-order valence-corrected chi connectivity index (χ0v) is 18.3. The van der Waals surface area contributed by atoms with Crippen LogP contribution in [-0.4, -0.2) is 44.6 Å². The van der Waals surface area contributed by atoms with E-state index in [4.69, 9.17) is 20.3 Å². The van der Waals surface area contributed by atoms with Crippen molar-refractivity contribution in [1.82, 2.24) is 19.3 Å². The van der Waals surface area contributed by atoms with Gasteiger partial charge in [0.2, 0.25) is 5.88 Å². The van der Waals surface area contributed by atoms with Crippen molar-refractivity contribution in [2.45, 2.75) is 51.8 Å². The first kappa shape index (κ1) is 20.7. The molecule has 3 aromatic heterocycles. The molecule has 1 saturated heterocycles. The molecule has 1 atom stereocenters. The molecule has 3 aromatic rings. The first-order valence-corrected chi connectivity index (χ1v) is 11.1. The SMILES string of the molecule is CC(C)Oc1nc2nn(CC3CCOC3)c(-c3cccn(C4CC4)c3=O)c2cc1C(N)=O. The average molecular weight is 438 g/mol. The molecule has 1 unspecified atom stereocenters. The molecule has 0 aromatic carbocycles. The monoisotopic (exact) mass is 437 g/mol. The fourth-order valence-corrected chi connectivity index (χ4v) is 4.25. The lowest BCUT2D eigenvalue weighted by Crippen LogP contribution is -2.22. The standard InChI is InChI=1S/C23H27N5O4/c1-13(2)32-22-18(20(24)29)10-17-19(16-4-3-8-27(23(16)30)15-5-6-15)28(26-21(17)25-22)11-14-7-9-31-12-14/h3-4,8,10,13-15H,5-7,9,11-12H2,1-2H3,(H2,24,29). The molecule has 1 saturated carbocycles. The summed E-state index contributed by atoms with van der Waals surface area (Å²) in [6.45, 7) is 5.67. The van der Waals surface area contributed by atoms with E-state index in [2.05, 4.69) is 4.98 Å². The molecule has 0 bridgehead atoms. The molecule has 0 spiro atoms. The highest BCUT2D eigenvalue weighted by molar-refractivity contribution is 6.01. The van der Waals surface area contributed by atoms with E-state index in [1.165, 1.54) is 0 Å². The van der Waals surface area contributed by atoms with Crippen LogP contribution in [0.25, 0.3) is 22.3 Å². The lowest BCUT2D eigenvalue weighted by Gasteiger charge is -2.13. The van der Waals surface area contributed by atoms with Gasteiger partial charge >= 0.3 is 0 Å². The summed E-state index contributed by atoms with van der Waals surface area (Å²) >= 11 is 0. The molecule has 1 aliphatic heterocycles. The number of carbonyl (C=O) groups is 1. The number of amides is 1. The maximum atomic E-state index is 13.4. The number of fused-ring (bicyclic) bond motifs is 1. The third-order valence-electron chi connectivity index (χ3n) is 5.93. The van der Waals surface area contributed by atoms with Crippen LogP contribution in [0.4, 0.5) is 0 Å². The molecular weight excluding hydrogens is 410 g/mol. The minimum absolute atomic E-state index is 0.0659. The molecule has 4 heterocycles. The van der Waals surface area contributed by atoms with Gasteiger partial charge in [-0.2, -0.15) is 10.1 Å². The summed E-state index contributed by atoms with van der Waals surface area (Å²) in [5.74, 6) is -0.190. The maximum absolute atomic E-state index is 13.4. The van der Waals surface area contributed by atoms with Crippen LogP contribution < -0.4 is 16.0 Å². The number of pyridine rings is 2. The van der Waals surface area contributed by atoms with Crippen molar-refractivity contribution in [3.8, 4) is 17.1 Å². The fourth-order valence-electron chi connectivity index (χ4n) is 4.25. The molecule has 1 aliphatic carbocycles. The molecule has 5 rings (SSSR count). The van der Waals surface area contributed by atoms with Gasteiger partial charge in [0.1, 0.15) is 5.56 Å². The number of ether oxygens (including phenoxy) is 2. The number of aromatic nitrogens is 4. The van der Waals surface area contributed by atoms with Crippen LogP contribution in [0.15, 0.2) is 29.2 Å². The second-order valence-electron chi connectivity index (χ2n) is 8.87. The van der Waals surface area contributed by atoms with Gasteiger partial charge in [0, 0.05) is 36.7 Å². The third-order valence-corrected chi connectivity index (χ3v) is 5.93. The number of nitrogens with zero attached hydrogens (tertiary/aromatic N) is 4. The number of hydrogen-bond acceptors (Lipinski definition) is 6. The predicted octanol–water partition coefficient (Wildman–Crippen LogP) is 2.52. The highest BCUT2D eigenvalue weighted by Crippen LogP contribution is 2.35. The van der Waals surface area contributed by atoms with Gasteiger partial charge in [-0.25, -0.2) is 0 Å². The van der Waals surface area contributed by atoms with E-state index < -0.39 is 5.91 Å². The Morgan fingerprint density at radius 1 is 1.34 bits per heavy atom. The summed E-state index contributed by atoms with van der Waals surface area (Å²) in [7, 11) is 0. The minimum atomic E-state index is -0.638. The Bertz CT molecular complexity index is 1240. The Morgan fingerprint density at radius 2 is 2.16 bits per heavy atom. The van der Waals surface area contributed by atoms with Crippen molar-refractivity contribution in [3.05, 3.63) is 40.3 Å². The molecule has 9 nitrogen and oxygen atoms in total. The fraction of sp³-hybridized carbons (Fsp3) is 0.478. The van der Waals surface area contributed by atoms with Gasteiger partial charge in [-0.15, -0.1) is 0 Å². The number of nitrogens with two attached hydrogens (primary N) is 1. The van der Waals surface area contributed by atoms with Gasteiger partial charge in [-0.3, -0.25) is 14.3 Å². The van der Waals surface area contributed by atoms with Crippen molar-refractivity contribution >= 4 is 16.9 Å². The zero-order chi connectivity index (χ0) is 22.4. The van der Waals surface area contributed by atoms with Gasteiger partial charge in [0.25, 0.3) is 11.5 Å². The summed E-state index contributed by atoms with van der Waals surface area (Å²) in [5, 5.41) is 5.33. The van der Waals surface area contributed by atoms with Crippen LogP contribution in [-0.2, 0) is 11.3 Å². The van der Waals surface area contributed by atoms with Gasteiger partial charge in [-0.1, -0.05) is 0 Å². The van der Waals surface area contributed by atoms with E-state index in [9.17, 15) is 9.59 Å². The van der Waals surface area contributed by atoms with E-state index in [1.54, 1.807) is 10.6 Å². The van der Waals surface area contributed by atoms with Crippen molar-refractivity contribution in [2.24, 2.45) is 11.7 Å². The quantitative estimate of drug-likeness (QED) is 0.607. The van der Waals surface area contributed by atoms with E-state index in [1.807, 2.05) is 36.9 Å². The highest BCUT2D eigenvalue weighted by Gasteiger charge is 2.28. The van der Waals surface area contributed by atoms with Gasteiger partial charge in [0.15, 0.2) is 5.65 Å². The summed E-state index contributed by atoms with van der Waals surface area (Å²) < 4.78 is 14.9. The predicted molar refractivity (Wildman–Crippen MR) is 119 cm³/mol. The Labute approximate surface area is 185 Å². The van der Waals surface area contributed by atoms with Crippen LogP contribution in [0.1, 0.15) is 49.5 Å². The van der Waals surface area contributed by atoms with Crippen LogP contribution in [0.2, 0.25) is 0 Å². The lowest BCUT2D eigenvalue weighted by atomic mass is 10.1. The van der Waals surface area contributed by atoms with Crippen molar-refractivity contribution < 1.29 is 14.3 Å². The Kier molecular flexibility index (Phi) is 5.21. The summed E-state index contributed by atoms with van der Waals surface area (Å²) in [6.07, 6.45) is 4.59. The topological polar surface area (TPSA) is 114 Å². The Hall–Kier alpha value is -3.20. The van der Waals surface area contributed by atoms with Crippen molar-refractivity contribution in [1.29, 1.82) is 0 Å². The molecule has 2 fully saturated rings. The Balaban J connectivity index is 1.73. The average Bonchev–Trinajstić information content (AvgIpc) is 3.34. The van der Waals surface area contributed by atoms with E-state index in [0.717, 1.165) is 25.9 Å². The van der Waals surface area contributed by atoms with Gasteiger partial charge < -0.3 is 19.8 Å².